The van der Waals surface area contributed by atoms with Crippen LogP contribution in [0.4, 0.5) is 16.6 Å². The summed E-state index contributed by atoms with van der Waals surface area (Å²) in [6.45, 7) is 8.88. The number of aliphatic hydroxyl groups is 1. The number of fused-ring (bicyclic) bond motifs is 1. The molecule has 29 heavy (non-hydrogen) atoms. The molecule has 0 saturated carbocycles. The molecule has 1 aromatic heterocycles. The number of rotatable bonds is 2. The van der Waals surface area contributed by atoms with Crippen molar-refractivity contribution in [2.45, 2.75) is 45.1 Å². The Morgan fingerprint density at radius 1 is 1.03 bits per heavy atom. The van der Waals surface area contributed by atoms with Crippen LogP contribution < -0.4 is 9.80 Å². The molecule has 3 aliphatic heterocycles. The second-order valence-electron chi connectivity index (χ2n) is 9.12. The molecule has 8 heteroatoms. The maximum atomic E-state index is 12.4. The first-order valence-corrected chi connectivity index (χ1v) is 10.8. The topological polar surface area (TPSA) is 76.0 Å². The highest BCUT2D eigenvalue weighted by Crippen LogP contribution is 2.38. The van der Waals surface area contributed by atoms with Gasteiger partial charge in [-0.15, -0.1) is 0 Å². The van der Waals surface area contributed by atoms with Crippen molar-refractivity contribution in [3.63, 3.8) is 0 Å². The SMILES string of the molecule is Cc1nc(N2CCCC2)nc(N2CC[C@]3(O)CCN(C(=O)N(C)C)C[C@@H]3C2)c1C. The van der Waals surface area contributed by atoms with Crippen molar-refractivity contribution < 1.29 is 9.90 Å². The maximum Gasteiger partial charge on any atom is 0.319 e. The summed E-state index contributed by atoms with van der Waals surface area (Å²) >= 11 is 0. The highest BCUT2D eigenvalue weighted by Gasteiger charge is 2.46. The summed E-state index contributed by atoms with van der Waals surface area (Å²) in [5, 5.41) is 11.2. The predicted molar refractivity (Wildman–Crippen MR) is 113 cm³/mol. The molecule has 0 radical (unpaired) electrons. The van der Waals surface area contributed by atoms with Gasteiger partial charge in [-0.05, 0) is 39.5 Å². The summed E-state index contributed by atoms with van der Waals surface area (Å²) in [4.78, 5) is 30.2. The van der Waals surface area contributed by atoms with Crippen LogP contribution in [-0.2, 0) is 0 Å². The van der Waals surface area contributed by atoms with E-state index in [2.05, 4.69) is 23.6 Å². The van der Waals surface area contributed by atoms with Crippen LogP contribution in [-0.4, -0.2) is 89.9 Å². The van der Waals surface area contributed by atoms with Gasteiger partial charge in [0.05, 0.1) is 5.60 Å². The molecule has 4 rings (SSSR count). The number of likely N-dealkylation sites (tertiary alicyclic amines) is 1. The number of carbonyl (C=O) groups excluding carboxylic acids is 1. The van der Waals surface area contributed by atoms with Crippen molar-refractivity contribution in [1.29, 1.82) is 0 Å². The van der Waals surface area contributed by atoms with Crippen LogP contribution in [0.25, 0.3) is 0 Å². The van der Waals surface area contributed by atoms with Gasteiger partial charge in [0.15, 0.2) is 0 Å². The minimum Gasteiger partial charge on any atom is -0.389 e. The molecule has 3 aliphatic rings. The molecule has 4 heterocycles. The van der Waals surface area contributed by atoms with Crippen molar-refractivity contribution in [3.05, 3.63) is 11.3 Å². The van der Waals surface area contributed by atoms with Gasteiger partial charge in [0, 0.05) is 70.5 Å². The molecule has 3 fully saturated rings. The Labute approximate surface area is 173 Å². The third-order valence-electron chi connectivity index (χ3n) is 6.96. The van der Waals surface area contributed by atoms with Crippen LogP contribution >= 0.6 is 0 Å². The zero-order valence-electron chi connectivity index (χ0n) is 18.2. The quantitative estimate of drug-likeness (QED) is 0.811. The van der Waals surface area contributed by atoms with Crippen LogP contribution in [0.3, 0.4) is 0 Å². The van der Waals surface area contributed by atoms with E-state index in [0.29, 0.717) is 32.5 Å². The van der Waals surface area contributed by atoms with Gasteiger partial charge in [-0.25, -0.2) is 9.78 Å². The van der Waals surface area contributed by atoms with Crippen molar-refractivity contribution in [1.82, 2.24) is 19.8 Å². The standard InChI is InChI=1S/C21H34N6O2/c1-15-16(2)22-19(25-9-5-6-10-25)23-18(15)26-11-7-21(29)8-12-27(14-17(21)13-26)20(28)24(3)4/h17,29H,5-14H2,1-4H3/t17-,21-/m0/s1. The van der Waals surface area contributed by atoms with Crippen LogP contribution in [0.1, 0.15) is 36.9 Å². The summed E-state index contributed by atoms with van der Waals surface area (Å²) in [5.41, 5.74) is 1.44. The largest absolute Gasteiger partial charge is 0.389 e. The Morgan fingerprint density at radius 2 is 1.72 bits per heavy atom. The number of anilines is 2. The van der Waals surface area contributed by atoms with Crippen LogP contribution in [0, 0.1) is 19.8 Å². The fraction of sp³-hybridized carbons (Fsp3) is 0.762. The Hall–Kier alpha value is -2.09. The molecule has 160 valence electrons. The summed E-state index contributed by atoms with van der Waals surface area (Å²) in [6.07, 6.45) is 3.75. The van der Waals surface area contributed by atoms with Crippen LogP contribution in [0.15, 0.2) is 0 Å². The van der Waals surface area contributed by atoms with Crippen molar-refractivity contribution in [3.8, 4) is 0 Å². The molecule has 0 unspecified atom stereocenters. The molecule has 0 aliphatic carbocycles. The van der Waals surface area contributed by atoms with Crippen molar-refractivity contribution in [2.24, 2.45) is 5.92 Å². The molecule has 3 saturated heterocycles. The molecule has 2 amide bonds. The van der Waals surface area contributed by atoms with Crippen molar-refractivity contribution in [2.75, 3.05) is 63.2 Å². The molecule has 1 aromatic rings. The lowest BCUT2D eigenvalue weighted by Gasteiger charge is -2.50. The molecule has 0 bridgehead atoms. The molecule has 0 spiro atoms. The van der Waals surface area contributed by atoms with E-state index in [4.69, 9.17) is 9.97 Å². The lowest BCUT2D eigenvalue weighted by Crippen LogP contribution is -2.61. The maximum absolute atomic E-state index is 12.4. The average molecular weight is 403 g/mol. The highest BCUT2D eigenvalue weighted by atomic mass is 16.3. The zero-order chi connectivity index (χ0) is 20.8. The van der Waals surface area contributed by atoms with Gasteiger partial charge in [-0.2, -0.15) is 4.98 Å². The van der Waals surface area contributed by atoms with Crippen molar-refractivity contribution >= 4 is 17.8 Å². The molecule has 2 atom stereocenters. The number of hydrogen-bond donors (Lipinski definition) is 1. The number of hydrogen-bond acceptors (Lipinski definition) is 6. The van der Waals surface area contributed by atoms with E-state index in [1.165, 1.54) is 12.8 Å². The molecule has 8 nitrogen and oxygen atoms in total. The lowest BCUT2D eigenvalue weighted by atomic mass is 9.75. The van der Waals surface area contributed by atoms with Gasteiger partial charge < -0.3 is 24.7 Å². The number of nitrogens with zero attached hydrogens (tertiary/aromatic N) is 6. The van der Waals surface area contributed by atoms with Gasteiger partial charge >= 0.3 is 6.03 Å². The van der Waals surface area contributed by atoms with Gasteiger partial charge in [-0.3, -0.25) is 0 Å². The first kappa shape index (κ1) is 20.2. The number of aromatic nitrogens is 2. The van der Waals surface area contributed by atoms with Gasteiger partial charge in [0.2, 0.25) is 5.95 Å². The normalized spacial score (nSPS) is 27.2. The lowest BCUT2D eigenvalue weighted by molar-refractivity contribution is -0.0761. The van der Waals surface area contributed by atoms with E-state index in [9.17, 15) is 9.90 Å². The Balaban J connectivity index is 1.57. The van der Waals surface area contributed by atoms with Crippen LogP contribution in [0.2, 0.25) is 0 Å². The Kier molecular flexibility index (Phi) is 5.31. The van der Waals surface area contributed by atoms with E-state index in [0.717, 1.165) is 42.7 Å². The van der Waals surface area contributed by atoms with E-state index in [1.54, 1.807) is 19.0 Å². The number of urea groups is 1. The van der Waals surface area contributed by atoms with E-state index in [-0.39, 0.29) is 11.9 Å². The third-order valence-corrected chi connectivity index (χ3v) is 6.96. The van der Waals surface area contributed by atoms with E-state index in [1.807, 2.05) is 4.90 Å². The monoisotopic (exact) mass is 402 g/mol. The summed E-state index contributed by atoms with van der Waals surface area (Å²) < 4.78 is 0. The molecule has 1 N–H and O–H groups in total. The zero-order valence-corrected chi connectivity index (χ0v) is 18.2. The fourth-order valence-corrected chi connectivity index (χ4v) is 4.92. The first-order valence-electron chi connectivity index (χ1n) is 10.8. The molecular formula is C21H34N6O2. The van der Waals surface area contributed by atoms with E-state index >= 15 is 0 Å². The number of piperidine rings is 2. The Morgan fingerprint density at radius 3 is 2.41 bits per heavy atom. The number of amides is 2. The van der Waals surface area contributed by atoms with Gasteiger partial charge in [0.25, 0.3) is 0 Å². The van der Waals surface area contributed by atoms with Crippen LogP contribution in [0.5, 0.6) is 0 Å². The second-order valence-corrected chi connectivity index (χ2v) is 9.12. The summed E-state index contributed by atoms with van der Waals surface area (Å²) in [5.74, 6) is 1.84. The second kappa shape index (κ2) is 7.63. The van der Waals surface area contributed by atoms with Gasteiger partial charge in [0.1, 0.15) is 5.82 Å². The first-order chi connectivity index (χ1) is 13.8. The molecular weight excluding hydrogens is 368 g/mol. The average Bonchev–Trinajstić information content (AvgIpc) is 3.23. The summed E-state index contributed by atoms with van der Waals surface area (Å²) in [6, 6.07) is 0.0227. The van der Waals surface area contributed by atoms with Gasteiger partial charge in [-0.1, -0.05) is 0 Å². The highest BCUT2D eigenvalue weighted by molar-refractivity contribution is 5.74. The number of carbonyl (C=O) groups is 1. The minimum absolute atomic E-state index is 0.0227. The fourth-order valence-electron chi connectivity index (χ4n) is 4.92. The smallest absolute Gasteiger partial charge is 0.319 e. The van der Waals surface area contributed by atoms with E-state index < -0.39 is 5.60 Å². The summed E-state index contributed by atoms with van der Waals surface area (Å²) in [7, 11) is 3.56. The Bertz CT molecular complexity index is 779. The number of aryl methyl sites for hydroxylation is 1. The predicted octanol–water partition coefficient (Wildman–Crippen LogP) is 1.64. The molecule has 0 aromatic carbocycles. The minimum atomic E-state index is -0.687. The third kappa shape index (κ3) is 3.74.